The molecule has 1 amide bonds. The van der Waals surface area contributed by atoms with Gasteiger partial charge in [0.25, 0.3) is 5.91 Å². The van der Waals surface area contributed by atoms with Gasteiger partial charge in [-0.3, -0.25) is 4.79 Å². The summed E-state index contributed by atoms with van der Waals surface area (Å²) >= 11 is 5.75. The molecule has 2 aromatic rings. The molecule has 0 unspecified atom stereocenters. The number of hydrogen-bond acceptors (Lipinski definition) is 3. The fraction of sp³-hybridized carbons (Fsp3) is 0.125. The Morgan fingerprint density at radius 3 is 2.64 bits per heavy atom. The van der Waals surface area contributed by atoms with Crippen LogP contribution in [0, 0.1) is 0 Å². The van der Waals surface area contributed by atoms with Gasteiger partial charge in [0.2, 0.25) is 0 Å². The Hall–Kier alpha value is -2.53. The van der Waals surface area contributed by atoms with Crippen LogP contribution < -0.4 is 5.32 Å². The van der Waals surface area contributed by atoms with Crippen molar-refractivity contribution in [2.75, 3.05) is 11.9 Å². The number of nitrogens with one attached hydrogen (secondary N) is 2. The van der Waals surface area contributed by atoms with E-state index in [2.05, 4.69) is 10.3 Å². The first kappa shape index (κ1) is 15.9. The van der Waals surface area contributed by atoms with Crippen molar-refractivity contribution in [1.29, 1.82) is 0 Å². The summed E-state index contributed by atoms with van der Waals surface area (Å²) in [6, 6.07) is 8.61. The highest BCUT2D eigenvalue weighted by Gasteiger charge is 2.08. The maximum atomic E-state index is 11.9. The first-order valence-corrected chi connectivity index (χ1v) is 7.06. The lowest BCUT2D eigenvalue weighted by molar-refractivity contribution is -0.137. The molecule has 1 heterocycles. The molecule has 0 aliphatic heterocycles. The predicted octanol–water partition coefficient (Wildman–Crippen LogP) is 3.50. The number of amides is 1. The zero-order chi connectivity index (χ0) is 15.9. The van der Waals surface area contributed by atoms with Crippen LogP contribution in [0.5, 0.6) is 0 Å². The number of aromatic nitrogens is 1. The Kier molecular flexibility index (Phi) is 5.38. The maximum absolute atomic E-state index is 11.9. The van der Waals surface area contributed by atoms with Gasteiger partial charge in [-0.15, -0.1) is 0 Å². The van der Waals surface area contributed by atoms with E-state index >= 15 is 0 Å². The second kappa shape index (κ2) is 7.47. The third kappa shape index (κ3) is 4.49. The molecule has 0 aliphatic carbocycles. The van der Waals surface area contributed by atoms with Crippen molar-refractivity contribution in [1.82, 2.24) is 4.98 Å². The molecule has 1 aromatic carbocycles. The Bertz CT molecular complexity index is 690. The van der Waals surface area contributed by atoms with Crippen molar-refractivity contribution in [2.45, 2.75) is 6.92 Å². The van der Waals surface area contributed by atoms with Gasteiger partial charge in [-0.05, 0) is 36.8 Å². The Morgan fingerprint density at radius 2 is 2.05 bits per heavy atom. The topological polar surface area (TPSA) is 71.2 Å². The molecule has 0 radical (unpaired) electrons. The number of esters is 1. The number of H-pyrrole nitrogens is 1. The highest BCUT2D eigenvalue weighted by molar-refractivity contribution is 6.31. The molecule has 0 spiro atoms. The summed E-state index contributed by atoms with van der Waals surface area (Å²) in [6.45, 7) is 2.09. The normalized spacial score (nSPS) is 10.6. The van der Waals surface area contributed by atoms with Gasteiger partial charge in [0.05, 0.1) is 11.6 Å². The number of aromatic amines is 1. The molecule has 0 saturated heterocycles. The monoisotopic (exact) mass is 318 g/mol. The van der Waals surface area contributed by atoms with E-state index in [0.717, 1.165) is 5.56 Å². The largest absolute Gasteiger partial charge is 0.463 e. The molecule has 2 rings (SSSR count). The summed E-state index contributed by atoms with van der Waals surface area (Å²) in [5.74, 6) is -0.662. The molecule has 0 atom stereocenters. The smallest absolute Gasteiger partial charge is 0.330 e. The zero-order valence-corrected chi connectivity index (χ0v) is 12.7. The Balaban J connectivity index is 1.97. The van der Waals surface area contributed by atoms with Crippen LogP contribution in [-0.4, -0.2) is 23.5 Å². The van der Waals surface area contributed by atoms with Gasteiger partial charge >= 0.3 is 5.97 Å². The molecular weight excluding hydrogens is 304 g/mol. The minimum Gasteiger partial charge on any atom is -0.463 e. The van der Waals surface area contributed by atoms with Crippen LogP contribution >= 0.6 is 11.6 Å². The lowest BCUT2D eigenvalue weighted by atomic mass is 10.2. The lowest BCUT2D eigenvalue weighted by Gasteiger charge is -2.04. The summed E-state index contributed by atoms with van der Waals surface area (Å²) in [4.78, 5) is 25.9. The van der Waals surface area contributed by atoms with Crippen LogP contribution in [0.1, 0.15) is 23.0 Å². The van der Waals surface area contributed by atoms with Gasteiger partial charge in [-0.1, -0.05) is 23.7 Å². The minimum absolute atomic E-state index is 0.276. The summed E-state index contributed by atoms with van der Waals surface area (Å²) < 4.78 is 4.79. The van der Waals surface area contributed by atoms with Gasteiger partial charge in [0.1, 0.15) is 5.69 Å². The fourth-order valence-corrected chi connectivity index (χ4v) is 1.89. The third-order valence-electron chi connectivity index (χ3n) is 2.76. The van der Waals surface area contributed by atoms with Gasteiger partial charge < -0.3 is 15.0 Å². The van der Waals surface area contributed by atoms with Crippen molar-refractivity contribution in [3.63, 3.8) is 0 Å². The van der Waals surface area contributed by atoms with E-state index in [9.17, 15) is 9.59 Å². The summed E-state index contributed by atoms with van der Waals surface area (Å²) in [7, 11) is 0. The predicted molar refractivity (Wildman–Crippen MR) is 85.9 cm³/mol. The van der Waals surface area contributed by atoms with E-state index in [1.807, 2.05) is 0 Å². The first-order valence-electron chi connectivity index (χ1n) is 6.68. The highest BCUT2D eigenvalue weighted by atomic mass is 35.5. The van der Waals surface area contributed by atoms with Gasteiger partial charge in [-0.2, -0.15) is 0 Å². The van der Waals surface area contributed by atoms with Crippen molar-refractivity contribution in [2.24, 2.45) is 0 Å². The van der Waals surface area contributed by atoms with Crippen LogP contribution in [0.2, 0.25) is 5.02 Å². The molecule has 6 heteroatoms. The lowest BCUT2D eigenvalue weighted by Crippen LogP contribution is -2.11. The molecule has 0 fully saturated rings. The van der Waals surface area contributed by atoms with E-state index in [-0.39, 0.29) is 11.9 Å². The standard InChI is InChI=1S/C16H15ClN2O3/c1-2-22-15(20)8-5-11-3-6-13(7-4-11)19-16(21)14-9-12(17)10-18-14/h3-10,18H,2H2,1H3,(H,19,21)/b8-5+. The quantitative estimate of drug-likeness (QED) is 0.654. The number of halogens is 1. The Morgan fingerprint density at radius 1 is 1.32 bits per heavy atom. The van der Waals surface area contributed by atoms with E-state index in [4.69, 9.17) is 16.3 Å². The molecule has 1 aromatic heterocycles. The van der Waals surface area contributed by atoms with Crippen molar-refractivity contribution in [3.8, 4) is 0 Å². The van der Waals surface area contributed by atoms with Crippen LogP contribution in [-0.2, 0) is 9.53 Å². The summed E-state index contributed by atoms with van der Waals surface area (Å²) in [5.41, 5.74) is 1.86. The van der Waals surface area contributed by atoms with Crippen molar-refractivity contribution >= 4 is 35.2 Å². The van der Waals surface area contributed by atoms with Crippen LogP contribution in [0.4, 0.5) is 5.69 Å². The van der Waals surface area contributed by atoms with Crippen molar-refractivity contribution in [3.05, 3.63) is 58.9 Å². The summed E-state index contributed by atoms with van der Waals surface area (Å²) in [6.07, 6.45) is 4.55. The third-order valence-corrected chi connectivity index (χ3v) is 2.98. The van der Waals surface area contributed by atoms with Gasteiger partial charge in [0, 0.05) is 18.0 Å². The minimum atomic E-state index is -0.386. The molecule has 0 bridgehead atoms. The van der Waals surface area contributed by atoms with Crippen LogP contribution in [0.15, 0.2) is 42.6 Å². The number of benzene rings is 1. The highest BCUT2D eigenvalue weighted by Crippen LogP contribution is 2.14. The van der Waals surface area contributed by atoms with E-state index in [1.165, 1.54) is 6.08 Å². The second-order valence-electron chi connectivity index (χ2n) is 4.39. The van der Waals surface area contributed by atoms with E-state index < -0.39 is 0 Å². The van der Waals surface area contributed by atoms with Crippen LogP contribution in [0.3, 0.4) is 0 Å². The molecule has 2 N–H and O–H groups in total. The summed E-state index contributed by atoms with van der Waals surface area (Å²) in [5, 5.41) is 3.22. The van der Waals surface area contributed by atoms with Gasteiger partial charge in [0.15, 0.2) is 0 Å². The molecule has 22 heavy (non-hydrogen) atoms. The molecule has 5 nitrogen and oxygen atoms in total. The number of carbonyl (C=O) groups is 2. The first-order chi connectivity index (χ1) is 10.6. The molecule has 0 saturated carbocycles. The zero-order valence-electron chi connectivity index (χ0n) is 11.9. The number of rotatable bonds is 5. The Labute approximate surface area is 132 Å². The number of carbonyl (C=O) groups excluding carboxylic acids is 2. The van der Waals surface area contributed by atoms with E-state index in [1.54, 1.807) is 49.5 Å². The number of hydrogen-bond donors (Lipinski definition) is 2. The molecular formula is C16H15ClN2O3. The molecule has 114 valence electrons. The average molecular weight is 319 g/mol. The molecule has 0 aliphatic rings. The van der Waals surface area contributed by atoms with Crippen molar-refractivity contribution < 1.29 is 14.3 Å². The number of ether oxygens (including phenoxy) is 1. The van der Waals surface area contributed by atoms with E-state index in [0.29, 0.717) is 23.0 Å². The SMILES string of the molecule is CCOC(=O)/C=C/c1ccc(NC(=O)c2cc(Cl)c[nH]2)cc1. The fourth-order valence-electron chi connectivity index (χ4n) is 1.73. The maximum Gasteiger partial charge on any atom is 0.330 e. The van der Waals surface area contributed by atoms with Gasteiger partial charge in [-0.25, -0.2) is 4.79 Å². The second-order valence-corrected chi connectivity index (χ2v) is 4.83. The van der Waals surface area contributed by atoms with Crippen LogP contribution in [0.25, 0.3) is 6.08 Å². The number of anilines is 1. The average Bonchev–Trinajstić information content (AvgIpc) is 2.93.